The molecule has 0 rings (SSSR count). The normalized spacial score (nSPS) is 15.8. The minimum atomic E-state index is -0.899. The molecule has 0 spiro atoms. The highest BCUT2D eigenvalue weighted by atomic mass is 32.2. The zero-order valence-corrected chi connectivity index (χ0v) is 16.5. The Morgan fingerprint density at radius 2 is 1.88 bits per heavy atom. The molecule has 146 valence electrons. The molecule has 1 amide bonds. The molecule has 0 saturated carbocycles. The van der Waals surface area contributed by atoms with Gasteiger partial charge in [0.1, 0.15) is 12.0 Å². The van der Waals surface area contributed by atoms with Crippen LogP contribution in [0.25, 0.3) is 0 Å². The van der Waals surface area contributed by atoms with Crippen LogP contribution in [0.1, 0.15) is 52.9 Å². The summed E-state index contributed by atoms with van der Waals surface area (Å²) in [7, 11) is 0. The Hall–Kier alpha value is -1.12. The first-order chi connectivity index (χ1) is 11.8. The minimum absolute atomic E-state index is 0.0666. The number of carboxylic acids is 1. The Labute approximate surface area is 155 Å². The van der Waals surface area contributed by atoms with Gasteiger partial charge in [-0.3, -0.25) is 18.9 Å². The molecule has 0 aliphatic carbocycles. The summed E-state index contributed by atoms with van der Waals surface area (Å²) in [6, 6.07) is 0. The summed E-state index contributed by atoms with van der Waals surface area (Å²) in [6.07, 6.45) is 5.03. The molecule has 25 heavy (non-hydrogen) atoms. The fraction of sp³-hybridized carbons (Fsp3) is 0.824. The number of aliphatic carboxylic acids is 1. The van der Waals surface area contributed by atoms with Gasteiger partial charge in [-0.15, -0.1) is 0 Å². The Bertz CT molecular complexity index is 423. The summed E-state index contributed by atoms with van der Waals surface area (Å²) in [5.41, 5.74) is 2.16. The standard InChI is InChI=1S/C17H33N3O4S/c1-4-14(3)6-9-20(12-16(22)19-18,25-13-17(23)24)10-7-15(5-2)8-11-21/h11,14-15H,4-10,12-13,18H2,1-3H3,(H-,19,22,23,24)/p+1. The molecule has 0 aliphatic heterocycles. The number of amides is 1. The molecular formula is C17H34N3O4S+. The Morgan fingerprint density at radius 3 is 2.36 bits per heavy atom. The fourth-order valence-corrected chi connectivity index (χ4v) is 3.71. The van der Waals surface area contributed by atoms with Crippen LogP contribution < -0.4 is 11.3 Å². The first-order valence-corrected chi connectivity index (χ1v) is 9.92. The van der Waals surface area contributed by atoms with E-state index in [0.717, 1.165) is 32.0 Å². The van der Waals surface area contributed by atoms with E-state index in [0.29, 0.717) is 29.3 Å². The third-order valence-electron chi connectivity index (χ3n) is 4.73. The largest absolute Gasteiger partial charge is 0.480 e. The van der Waals surface area contributed by atoms with Gasteiger partial charge in [0.05, 0.1) is 25.0 Å². The minimum Gasteiger partial charge on any atom is -0.480 e. The van der Waals surface area contributed by atoms with Crippen molar-refractivity contribution in [1.82, 2.24) is 5.43 Å². The summed E-state index contributed by atoms with van der Waals surface area (Å²) in [6.45, 7) is 7.81. The van der Waals surface area contributed by atoms with E-state index in [1.807, 2.05) is 6.92 Å². The molecule has 0 aromatic rings. The molecule has 0 aliphatic rings. The maximum Gasteiger partial charge on any atom is 0.319 e. The van der Waals surface area contributed by atoms with Gasteiger partial charge in [0, 0.05) is 19.3 Å². The van der Waals surface area contributed by atoms with Gasteiger partial charge in [0.25, 0.3) is 5.91 Å². The van der Waals surface area contributed by atoms with E-state index in [-0.39, 0.29) is 24.1 Å². The van der Waals surface area contributed by atoms with Gasteiger partial charge in [-0.1, -0.05) is 33.6 Å². The predicted molar refractivity (Wildman–Crippen MR) is 100 cm³/mol. The molecule has 0 heterocycles. The molecule has 8 heteroatoms. The van der Waals surface area contributed by atoms with Crippen LogP contribution in [0.2, 0.25) is 0 Å². The van der Waals surface area contributed by atoms with E-state index in [2.05, 4.69) is 19.3 Å². The van der Waals surface area contributed by atoms with Crippen molar-refractivity contribution in [1.29, 1.82) is 0 Å². The number of carbonyl (C=O) groups excluding carboxylic acids is 2. The van der Waals surface area contributed by atoms with E-state index >= 15 is 0 Å². The molecule has 4 N–H and O–H groups in total. The SMILES string of the molecule is CCC(C)CC[N+](CCC(CC)CC=O)(CC(=O)NN)SCC(=O)O. The van der Waals surface area contributed by atoms with Crippen LogP contribution in [0.15, 0.2) is 0 Å². The third-order valence-corrected chi connectivity index (χ3v) is 6.15. The first-order valence-electron chi connectivity index (χ1n) is 8.97. The van der Waals surface area contributed by atoms with Crippen LogP contribution in [0.5, 0.6) is 0 Å². The second kappa shape index (κ2) is 13.1. The molecule has 0 radical (unpaired) electrons. The summed E-state index contributed by atoms with van der Waals surface area (Å²) in [5.74, 6) is 4.75. The van der Waals surface area contributed by atoms with Crippen LogP contribution in [0, 0.1) is 11.8 Å². The van der Waals surface area contributed by atoms with Crippen molar-refractivity contribution in [3.8, 4) is 0 Å². The number of nitrogens with one attached hydrogen (secondary N) is 1. The topological polar surface area (TPSA) is 109 Å². The molecule has 0 aromatic carbocycles. The zero-order chi connectivity index (χ0) is 19.3. The highest BCUT2D eigenvalue weighted by Gasteiger charge is 2.34. The summed E-state index contributed by atoms with van der Waals surface area (Å²) in [5, 5.41) is 9.10. The monoisotopic (exact) mass is 376 g/mol. The molecule has 3 atom stereocenters. The second-order valence-corrected chi connectivity index (χ2v) is 7.99. The van der Waals surface area contributed by atoms with E-state index in [1.165, 1.54) is 11.9 Å². The molecule has 3 unspecified atom stereocenters. The number of rotatable bonds is 15. The molecule has 7 nitrogen and oxygen atoms in total. The van der Waals surface area contributed by atoms with E-state index in [9.17, 15) is 14.4 Å². The Morgan fingerprint density at radius 1 is 1.24 bits per heavy atom. The quantitative estimate of drug-likeness (QED) is 0.101. The molecular weight excluding hydrogens is 342 g/mol. The van der Waals surface area contributed by atoms with Crippen molar-refractivity contribution < 1.29 is 23.4 Å². The Kier molecular flexibility index (Phi) is 12.5. The van der Waals surface area contributed by atoms with Crippen LogP contribution in [-0.4, -0.2) is 52.5 Å². The fourth-order valence-electron chi connectivity index (χ4n) is 2.65. The maximum atomic E-state index is 12.0. The smallest absolute Gasteiger partial charge is 0.319 e. The van der Waals surface area contributed by atoms with Crippen LogP contribution in [0.3, 0.4) is 0 Å². The average molecular weight is 377 g/mol. The average Bonchev–Trinajstić information content (AvgIpc) is 2.60. The summed E-state index contributed by atoms with van der Waals surface area (Å²) < 4.78 is 0.328. The lowest BCUT2D eigenvalue weighted by Gasteiger charge is -2.36. The predicted octanol–water partition coefficient (Wildman–Crippen LogP) is 1.97. The maximum absolute atomic E-state index is 12.0. The lowest BCUT2D eigenvalue weighted by Crippen LogP contribution is -2.52. The highest BCUT2D eigenvalue weighted by molar-refractivity contribution is 7.94. The van der Waals surface area contributed by atoms with Crippen molar-refractivity contribution in [3.63, 3.8) is 0 Å². The highest BCUT2D eigenvalue weighted by Crippen LogP contribution is 2.28. The number of carboxylic acid groups (broad SMARTS) is 1. The number of carbonyl (C=O) groups is 3. The molecule has 0 bridgehead atoms. The number of aldehydes is 1. The third kappa shape index (κ3) is 10.5. The van der Waals surface area contributed by atoms with Gasteiger partial charge in [-0.2, -0.15) is 0 Å². The van der Waals surface area contributed by atoms with Gasteiger partial charge in [-0.05, 0) is 11.8 Å². The van der Waals surface area contributed by atoms with Crippen LogP contribution in [0.4, 0.5) is 0 Å². The number of nitrogens with two attached hydrogens (primary N) is 1. The number of hydrogen-bond donors (Lipinski definition) is 3. The van der Waals surface area contributed by atoms with Crippen molar-refractivity contribution in [3.05, 3.63) is 0 Å². The number of hydrogen-bond acceptors (Lipinski definition) is 5. The number of quaternary nitrogens is 1. The van der Waals surface area contributed by atoms with Crippen molar-refractivity contribution in [2.45, 2.75) is 52.9 Å². The van der Waals surface area contributed by atoms with E-state index in [1.54, 1.807) is 0 Å². The molecule has 0 fully saturated rings. The zero-order valence-electron chi connectivity index (χ0n) is 15.7. The summed E-state index contributed by atoms with van der Waals surface area (Å²) >= 11 is 1.28. The van der Waals surface area contributed by atoms with Crippen LogP contribution >= 0.6 is 11.9 Å². The summed E-state index contributed by atoms with van der Waals surface area (Å²) in [4.78, 5) is 33.9. The van der Waals surface area contributed by atoms with E-state index < -0.39 is 5.97 Å². The van der Waals surface area contributed by atoms with Crippen LogP contribution in [-0.2, 0) is 14.4 Å². The molecule has 0 saturated heterocycles. The van der Waals surface area contributed by atoms with Crippen molar-refractivity contribution >= 4 is 30.1 Å². The van der Waals surface area contributed by atoms with Gasteiger partial charge >= 0.3 is 5.97 Å². The second-order valence-electron chi connectivity index (χ2n) is 6.67. The van der Waals surface area contributed by atoms with E-state index in [4.69, 9.17) is 10.9 Å². The van der Waals surface area contributed by atoms with Crippen molar-refractivity contribution in [2.75, 3.05) is 25.4 Å². The lowest BCUT2D eigenvalue weighted by atomic mass is 9.98. The van der Waals surface area contributed by atoms with Gasteiger partial charge in [-0.25, -0.2) is 5.84 Å². The van der Waals surface area contributed by atoms with Gasteiger partial charge in [0.15, 0.2) is 6.54 Å². The first kappa shape index (κ1) is 23.9. The van der Waals surface area contributed by atoms with Crippen molar-refractivity contribution in [2.24, 2.45) is 17.7 Å². The number of hydrazine groups is 1. The number of nitrogens with zero attached hydrogens (tertiary/aromatic N) is 1. The molecule has 0 aromatic heterocycles. The van der Waals surface area contributed by atoms with Gasteiger partial charge in [0.2, 0.25) is 0 Å². The Balaban J connectivity index is 5.26. The lowest BCUT2D eigenvalue weighted by molar-refractivity contribution is -0.788. The van der Waals surface area contributed by atoms with Gasteiger partial charge < -0.3 is 9.90 Å².